The molecule has 0 heterocycles. The molecule has 0 radical (unpaired) electrons. The van der Waals surface area contributed by atoms with Crippen molar-refractivity contribution in [1.82, 2.24) is 0 Å². The molecule has 1 fully saturated rings. The van der Waals surface area contributed by atoms with Gasteiger partial charge in [0.2, 0.25) is 0 Å². The van der Waals surface area contributed by atoms with Gasteiger partial charge in [-0.05, 0) is 42.7 Å². The van der Waals surface area contributed by atoms with E-state index in [2.05, 4.69) is 38.1 Å². The van der Waals surface area contributed by atoms with E-state index in [1.54, 1.807) is 0 Å². The van der Waals surface area contributed by atoms with Crippen molar-refractivity contribution < 1.29 is 4.79 Å². The summed E-state index contributed by atoms with van der Waals surface area (Å²) < 4.78 is 0. The molecule has 23 heavy (non-hydrogen) atoms. The van der Waals surface area contributed by atoms with Crippen LogP contribution in [0.4, 0.5) is 0 Å². The Labute approximate surface area is 142 Å². The van der Waals surface area contributed by atoms with Crippen LogP contribution in [0.2, 0.25) is 0 Å². The van der Waals surface area contributed by atoms with Crippen molar-refractivity contribution >= 4 is 5.78 Å². The number of aryl methyl sites for hydroxylation is 1. The molecular formula is C22H34O. The van der Waals surface area contributed by atoms with E-state index in [9.17, 15) is 4.79 Å². The summed E-state index contributed by atoms with van der Waals surface area (Å²) in [6, 6.07) is 8.90. The number of carbonyl (C=O) groups excluding carboxylic acids is 1. The number of unbranched alkanes of at least 4 members (excludes halogenated alkanes) is 4. The number of benzene rings is 1. The highest BCUT2D eigenvalue weighted by atomic mass is 16.1. The molecule has 128 valence electrons. The van der Waals surface area contributed by atoms with Crippen molar-refractivity contribution in [2.45, 2.75) is 90.4 Å². The van der Waals surface area contributed by atoms with Gasteiger partial charge in [0.25, 0.3) is 0 Å². The Morgan fingerprint density at radius 3 is 2.26 bits per heavy atom. The number of Topliss-reactive ketones (excluding diaryl/α,β-unsaturated/α-hetero) is 1. The number of ketones is 1. The van der Waals surface area contributed by atoms with Crippen molar-refractivity contribution in [3.8, 4) is 0 Å². The third kappa shape index (κ3) is 5.79. The van der Waals surface area contributed by atoms with Crippen molar-refractivity contribution in [3.05, 3.63) is 35.4 Å². The minimum absolute atomic E-state index is 0.169. The van der Waals surface area contributed by atoms with Gasteiger partial charge in [0.1, 0.15) is 5.78 Å². The zero-order valence-electron chi connectivity index (χ0n) is 15.2. The molecule has 1 aromatic rings. The third-order valence-corrected chi connectivity index (χ3v) is 5.41. The molecule has 0 amide bonds. The zero-order chi connectivity index (χ0) is 16.5. The highest BCUT2D eigenvalue weighted by Crippen LogP contribution is 2.35. The molecule has 0 spiro atoms. The molecule has 1 aliphatic carbocycles. The predicted molar refractivity (Wildman–Crippen MR) is 98.9 cm³/mol. The summed E-state index contributed by atoms with van der Waals surface area (Å²) in [7, 11) is 0. The molecule has 0 saturated heterocycles. The SMILES string of the molecule is CCCCCc1ccc([C@@H]2CC[C@@H](CCCCC)CC2=O)cc1. The Kier molecular flexibility index (Phi) is 7.85. The van der Waals surface area contributed by atoms with E-state index in [0.717, 1.165) is 12.8 Å². The molecule has 0 aliphatic heterocycles. The third-order valence-electron chi connectivity index (χ3n) is 5.41. The Bertz CT molecular complexity index is 459. The van der Waals surface area contributed by atoms with E-state index in [0.29, 0.717) is 11.7 Å². The summed E-state index contributed by atoms with van der Waals surface area (Å²) in [5, 5.41) is 0. The molecule has 2 rings (SSSR count). The Morgan fingerprint density at radius 2 is 1.61 bits per heavy atom. The zero-order valence-corrected chi connectivity index (χ0v) is 15.2. The minimum atomic E-state index is 0.169. The van der Waals surface area contributed by atoms with Gasteiger partial charge in [-0.15, -0.1) is 0 Å². The summed E-state index contributed by atoms with van der Waals surface area (Å²) in [4.78, 5) is 12.5. The van der Waals surface area contributed by atoms with Crippen molar-refractivity contribution in [2.24, 2.45) is 5.92 Å². The second-order valence-corrected chi connectivity index (χ2v) is 7.36. The topological polar surface area (TPSA) is 17.1 Å². The highest BCUT2D eigenvalue weighted by Gasteiger charge is 2.29. The summed E-state index contributed by atoms with van der Waals surface area (Å²) in [5.41, 5.74) is 2.67. The Hall–Kier alpha value is -1.11. The van der Waals surface area contributed by atoms with Gasteiger partial charge < -0.3 is 0 Å². The van der Waals surface area contributed by atoms with E-state index < -0.39 is 0 Å². The first-order valence-electron chi connectivity index (χ1n) is 9.86. The van der Waals surface area contributed by atoms with Gasteiger partial charge in [0.15, 0.2) is 0 Å². The largest absolute Gasteiger partial charge is 0.299 e. The molecule has 0 unspecified atom stereocenters. The van der Waals surface area contributed by atoms with Crippen LogP contribution in [0.5, 0.6) is 0 Å². The van der Waals surface area contributed by atoms with Crippen molar-refractivity contribution in [2.75, 3.05) is 0 Å². The van der Waals surface area contributed by atoms with Crippen LogP contribution in [0.1, 0.15) is 95.1 Å². The Balaban J connectivity index is 1.84. The van der Waals surface area contributed by atoms with Gasteiger partial charge >= 0.3 is 0 Å². The van der Waals surface area contributed by atoms with Gasteiger partial charge in [-0.1, -0.05) is 76.6 Å². The van der Waals surface area contributed by atoms with Crippen LogP contribution in [0.3, 0.4) is 0 Å². The van der Waals surface area contributed by atoms with Crippen molar-refractivity contribution in [3.63, 3.8) is 0 Å². The maximum absolute atomic E-state index is 12.5. The second kappa shape index (κ2) is 9.90. The van der Waals surface area contributed by atoms with Crippen molar-refractivity contribution in [1.29, 1.82) is 0 Å². The van der Waals surface area contributed by atoms with Gasteiger partial charge in [-0.25, -0.2) is 0 Å². The lowest BCUT2D eigenvalue weighted by atomic mass is 9.76. The number of rotatable bonds is 9. The first kappa shape index (κ1) is 18.2. The molecular weight excluding hydrogens is 280 g/mol. The van der Waals surface area contributed by atoms with E-state index in [4.69, 9.17) is 0 Å². The van der Waals surface area contributed by atoms with Crippen LogP contribution in [-0.2, 0) is 11.2 Å². The van der Waals surface area contributed by atoms with Crippen LogP contribution in [0.25, 0.3) is 0 Å². The average molecular weight is 315 g/mol. The molecule has 1 saturated carbocycles. The van der Waals surface area contributed by atoms with E-state index in [1.807, 2.05) is 0 Å². The fraction of sp³-hybridized carbons (Fsp3) is 0.682. The van der Waals surface area contributed by atoms with Crippen LogP contribution in [-0.4, -0.2) is 5.78 Å². The fourth-order valence-corrected chi connectivity index (χ4v) is 3.87. The summed E-state index contributed by atoms with van der Waals surface area (Å²) >= 11 is 0. The minimum Gasteiger partial charge on any atom is -0.299 e. The maximum Gasteiger partial charge on any atom is 0.140 e. The van der Waals surface area contributed by atoms with Crippen LogP contribution in [0, 0.1) is 5.92 Å². The molecule has 2 atom stereocenters. The lowest BCUT2D eigenvalue weighted by molar-refractivity contribution is -0.123. The quantitative estimate of drug-likeness (QED) is 0.478. The Morgan fingerprint density at radius 1 is 0.913 bits per heavy atom. The number of carbonyl (C=O) groups is 1. The van der Waals surface area contributed by atoms with Gasteiger partial charge in [-0.2, -0.15) is 0 Å². The molecule has 1 heteroatoms. The number of hydrogen-bond donors (Lipinski definition) is 0. The molecule has 1 aromatic carbocycles. The van der Waals surface area contributed by atoms with E-state index in [1.165, 1.54) is 68.9 Å². The van der Waals surface area contributed by atoms with Crippen LogP contribution < -0.4 is 0 Å². The van der Waals surface area contributed by atoms with E-state index in [-0.39, 0.29) is 5.92 Å². The van der Waals surface area contributed by atoms with Gasteiger partial charge in [0.05, 0.1) is 0 Å². The summed E-state index contributed by atoms with van der Waals surface area (Å²) in [6.07, 6.45) is 13.3. The molecule has 1 aliphatic rings. The second-order valence-electron chi connectivity index (χ2n) is 7.36. The summed E-state index contributed by atoms with van der Waals surface area (Å²) in [5.74, 6) is 1.30. The smallest absolute Gasteiger partial charge is 0.140 e. The first-order chi connectivity index (χ1) is 11.2. The molecule has 1 nitrogen and oxygen atoms in total. The lowest BCUT2D eigenvalue weighted by Crippen LogP contribution is -2.23. The molecule has 0 bridgehead atoms. The van der Waals surface area contributed by atoms with Gasteiger partial charge in [-0.3, -0.25) is 4.79 Å². The summed E-state index contributed by atoms with van der Waals surface area (Å²) in [6.45, 7) is 4.49. The normalized spacial score (nSPS) is 21.6. The molecule has 0 aromatic heterocycles. The fourth-order valence-electron chi connectivity index (χ4n) is 3.87. The first-order valence-corrected chi connectivity index (χ1v) is 9.86. The van der Waals surface area contributed by atoms with Gasteiger partial charge in [0, 0.05) is 12.3 Å². The van der Waals surface area contributed by atoms with E-state index >= 15 is 0 Å². The van der Waals surface area contributed by atoms with Crippen LogP contribution in [0.15, 0.2) is 24.3 Å². The maximum atomic E-state index is 12.5. The predicted octanol–water partition coefficient (Wildman–Crippen LogP) is 6.45. The molecule has 0 N–H and O–H groups in total. The average Bonchev–Trinajstić information content (AvgIpc) is 2.56. The standard InChI is InChI=1S/C22H34O/c1-3-5-7-9-18-11-14-20(15-12-18)21-16-13-19(17-22(21)23)10-8-6-4-2/h11-12,14-15,19,21H,3-10,13,16-17H2,1-2H3/t19-,21+/m1/s1. The van der Waals surface area contributed by atoms with Crippen LogP contribution >= 0.6 is 0 Å². The monoisotopic (exact) mass is 314 g/mol. The highest BCUT2D eigenvalue weighted by molar-refractivity contribution is 5.86. The lowest BCUT2D eigenvalue weighted by Gasteiger charge is -2.27. The number of hydrogen-bond acceptors (Lipinski definition) is 1.